The number of hydrogen-bond acceptors (Lipinski definition) is 4. The minimum atomic E-state index is -0.698. The Labute approximate surface area is 278 Å². The molecule has 6 nitrogen and oxygen atoms in total. The summed E-state index contributed by atoms with van der Waals surface area (Å²) in [6.07, 6.45) is 0. The summed E-state index contributed by atoms with van der Waals surface area (Å²) in [4.78, 5) is 14.2. The number of aromatic nitrogens is 5. The van der Waals surface area contributed by atoms with Crippen LogP contribution < -0.4 is 0 Å². The predicted octanol–water partition coefficient (Wildman–Crippen LogP) is 9.63. The maximum atomic E-state index is 9.07. The molecule has 0 spiro atoms. The van der Waals surface area contributed by atoms with Crippen LogP contribution in [0.4, 0.5) is 0 Å². The first-order chi connectivity index (χ1) is 29.0. The number of nitrogens with zero attached hydrogens (tertiary/aromatic N) is 5. The van der Waals surface area contributed by atoms with Crippen LogP contribution in [0.2, 0.25) is 0 Å². The molecule has 4 heterocycles. The molecule has 0 bridgehead atoms. The monoisotopic (exact) mass is 593 g/mol. The van der Waals surface area contributed by atoms with Crippen molar-refractivity contribution >= 4 is 65.6 Å². The third-order valence-corrected chi connectivity index (χ3v) is 7.71. The minimum absolute atomic E-state index is 0.171. The van der Waals surface area contributed by atoms with E-state index < -0.39 is 109 Å². The van der Waals surface area contributed by atoms with Gasteiger partial charge in [-0.2, -0.15) is 15.0 Å². The van der Waals surface area contributed by atoms with Crippen LogP contribution in [0.3, 0.4) is 0 Å². The Morgan fingerprint density at radius 1 is 0.467 bits per heavy atom. The lowest BCUT2D eigenvalue weighted by Crippen LogP contribution is -2.10. The highest BCUT2D eigenvalue weighted by Gasteiger charge is 2.20. The second-order valence-corrected chi connectivity index (χ2v) is 10.1. The van der Waals surface area contributed by atoms with Crippen molar-refractivity contribution in [2.24, 2.45) is 0 Å². The van der Waals surface area contributed by atoms with E-state index >= 15 is 0 Å². The molecule has 10 rings (SSSR count). The molecule has 4 aromatic heterocycles. The van der Waals surface area contributed by atoms with Gasteiger partial charge in [0, 0.05) is 37.9 Å². The fourth-order valence-corrected chi connectivity index (χ4v) is 5.79. The summed E-state index contributed by atoms with van der Waals surface area (Å²) in [5, 5.41) is 0.488. The molecule has 0 aliphatic heterocycles. The van der Waals surface area contributed by atoms with Gasteiger partial charge in [-0.1, -0.05) is 96.8 Å². The molecule has 0 saturated heterocycles. The van der Waals surface area contributed by atoms with Crippen LogP contribution >= 0.6 is 0 Å². The second kappa shape index (κ2) is 9.11. The SMILES string of the molecule is [2H]c1c([2H])c([2H])c2c(c1[2H])c1c([2H])c([2H])c([2H])c([2H])c1n2-c1nc(-c2ccc3c(c2)oc2ccccc23)nc(-n2c3c([2H])c([2H])c([2H])c([2H])c3c3c([2H])c([2H])c([2H])c([2H])c32)n1. The van der Waals surface area contributed by atoms with E-state index in [1.807, 2.05) is 12.1 Å². The Morgan fingerprint density at radius 3 is 1.47 bits per heavy atom. The molecule has 0 aliphatic rings. The topological polar surface area (TPSA) is 61.7 Å². The summed E-state index contributed by atoms with van der Waals surface area (Å²) in [7, 11) is 0. The molecule has 10 aromatic rings. The van der Waals surface area contributed by atoms with Crippen molar-refractivity contribution in [3.05, 3.63) is 139 Å². The van der Waals surface area contributed by atoms with Crippen molar-refractivity contribution in [1.29, 1.82) is 0 Å². The molecule has 210 valence electrons. The summed E-state index contributed by atoms with van der Waals surface area (Å²) in [6, 6.07) is 1.85. The predicted molar refractivity (Wildman–Crippen MR) is 181 cm³/mol. The van der Waals surface area contributed by atoms with E-state index in [-0.39, 0.29) is 55.0 Å². The van der Waals surface area contributed by atoms with Crippen LogP contribution in [-0.2, 0) is 0 Å². The van der Waals surface area contributed by atoms with E-state index in [4.69, 9.17) is 41.3 Å². The third-order valence-electron chi connectivity index (χ3n) is 7.71. The Kier molecular flexibility index (Phi) is 2.75. The number of fused-ring (bicyclic) bond motifs is 9. The van der Waals surface area contributed by atoms with E-state index in [0.29, 0.717) is 11.2 Å². The van der Waals surface area contributed by atoms with E-state index in [1.54, 1.807) is 30.3 Å². The van der Waals surface area contributed by atoms with Gasteiger partial charge in [0.1, 0.15) is 11.2 Å². The molecule has 0 atom stereocenters. The summed E-state index contributed by atoms with van der Waals surface area (Å²) in [5.41, 5.74) is -0.0450. The van der Waals surface area contributed by atoms with Crippen LogP contribution in [0, 0.1) is 0 Å². The van der Waals surface area contributed by atoms with E-state index in [1.165, 1.54) is 0 Å². The van der Waals surface area contributed by atoms with Gasteiger partial charge in [0.25, 0.3) is 0 Å². The van der Waals surface area contributed by atoms with Crippen molar-refractivity contribution < 1.29 is 26.3 Å². The molecule has 6 heteroatoms. The summed E-state index contributed by atoms with van der Waals surface area (Å²) >= 11 is 0. The van der Waals surface area contributed by atoms with Gasteiger partial charge in [0.15, 0.2) is 5.82 Å². The lowest BCUT2D eigenvalue weighted by molar-refractivity contribution is 0.669. The Hall–Kier alpha value is -6.27. The highest BCUT2D eigenvalue weighted by Crippen LogP contribution is 2.35. The zero-order valence-electron chi connectivity index (χ0n) is 38.7. The number of rotatable bonds is 3. The van der Waals surface area contributed by atoms with Crippen LogP contribution in [0.5, 0.6) is 0 Å². The first-order valence-electron chi connectivity index (χ1n) is 21.7. The maximum absolute atomic E-state index is 9.07. The standard InChI is InChI=1S/C39H23N5O/c1-6-16-31-25(11-1)26-12-2-7-17-32(26)43(31)38-40-37(24-21-22-30-29-15-5-10-20-35(29)45-36(30)23-24)41-39(42-38)44-33-18-8-3-13-27(33)28-14-4-9-19-34(28)44/h1-23H/i1D,2D,3D,4D,6D,7D,8D,9D,11D,12D,13D,14D,16D,17D,18D,19D. The van der Waals surface area contributed by atoms with E-state index in [0.717, 1.165) is 19.9 Å². The summed E-state index contributed by atoms with van der Waals surface area (Å²) in [5.74, 6) is -1.12. The van der Waals surface area contributed by atoms with Gasteiger partial charge < -0.3 is 4.42 Å². The third kappa shape index (κ3) is 3.48. The van der Waals surface area contributed by atoms with Crippen LogP contribution in [0.1, 0.15) is 21.9 Å². The highest BCUT2D eigenvalue weighted by molar-refractivity contribution is 6.10. The number of benzene rings is 6. The average Bonchev–Trinajstić information content (AvgIpc) is 3.94. The van der Waals surface area contributed by atoms with Crippen LogP contribution in [0.25, 0.3) is 88.8 Å². The normalized spacial score (nSPS) is 17.0. The van der Waals surface area contributed by atoms with Gasteiger partial charge in [-0.05, 0) is 42.4 Å². The number of furan rings is 1. The first-order valence-corrected chi connectivity index (χ1v) is 13.7. The minimum Gasteiger partial charge on any atom is -0.456 e. The highest BCUT2D eigenvalue weighted by atomic mass is 16.3. The van der Waals surface area contributed by atoms with Crippen LogP contribution in [0.15, 0.2) is 144 Å². The van der Waals surface area contributed by atoms with Gasteiger partial charge in [-0.3, -0.25) is 9.13 Å². The summed E-state index contributed by atoms with van der Waals surface area (Å²) in [6.45, 7) is 0. The largest absolute Gasteiger partial charge is 0.456 e. The van der Waals surface area contributed by atoms with Crippen LogP contribution in [-0.4, -0.2) is 24.1 Å². The molecule has 6 aromatic carbocycles. The fourth-order valence-electron chi connectivity index (χ4n) is 5.79. The molecular weight excluding hydrogens is 554 g/mol. The van der Waals surface area contributed by atoms with Crippen molar-refractivity contribution in [3.8, 4) is 23.3 Å². The lowest BCUT2D eigenvalue weighted by Gasteiger charge is -2.12. The molecular formula is C39H23N5O. The van der Waals surface area contributed by atoms with E-state index in [2.05, 4.69) is 0 Å². The van der Waals surface area contributed by atoms with Crippen molar-refractivity contribution in [2.75, 3.05) is 0 Å². The second-order valence-electron chi connectivity index (χ2n) is 10.1. The van der Waals surface area contributed by atoms with Crippen molar-refractivity contribution in [1.82, 2.24) is 24.1 Å². The number of hydrogen-bond donors (Lipinski definition) is 0. The summed E-state index contributed by atoms with van der Waals surface area (Å²) < 4.78 is 148. The lowest BCUT2D eigenvalue weighted by atomic mass is 10.1. The maximum Gasteiger partial charge on any atom is 0.240 e. The first kappa shape index (κ1) is 13.6. The Bertz CT molecular complexity index is 3350. The van der Waals surface area contributed by atoms with E-state index in [9.17, 15) is 0 Å². The van der Waals surface area contributed by atoms with Crippen molar-refractivity contribution in [3.63, 3.8) is 0 Å². The Morgan fingerprint density at radius 2 is 0.933 bits per heavy atom. The fraction of sp³-hybridized carbons (Fsp3) is 0. The van der Waals surface area contributed by atoms with Gasteiger partial charge in [0.05, 0.1) is 44.0 Å². The molecule has 0 N–H and O–H groups in total. The van der Waals surface area contributed by atoms with Gasteiger partial charge in [0.2, 0.25) is 11.9 Å². The van der Waals surface area contributed by atoms with Gasteiger partial charge >= 0.3 is 0 Å². The number of para-hydroxylation sites is 5. The van der Waals surface area contributed by atoms with Gasteiger partial charge in [-0.25, -0.2) is 0 Å². The average molecular weight is 594 g/mol. The van der Waals surface area contributed by atoms with Crippen molar-refractivity contribution in [2.45, 2.75) is 0 Å². The zero-order valence-corrected chi connectivity index (χ0v) is 22.7. The molecule has 0 saturated carbocycles. The molecule has 0 fully saturated rings. The quantitative estimate of drug-likeness (QED) is 0.205. The smallest absolute Gasteiger partial charge is 0.240 e. The molecule has 0 unspecified atom stereocenters. The molecule has 45 heavy (non-hydrogen) atoms. The molecule has 0 radical (unpaired) electrons. The molecule has 0 amide bonds. The zero-order chi connectivity index (χ0) is 43.4. The Balaban J connectivity index is 1.44. The van der Waals surface area contributed by atoms with Gasteiger partial charge in [-0.15, -0.1) is 0 Å². The molecule has 0 aliphatic carbocycles.